The Labute approximate surface area is 387 Å². The molecule has 0 aromatic heterocycles. The monoisotopic (exact) mass is 914 g/mol. The van der Waals surface area contributed by atoms with Gasteiger partial charge in [0.2, 0.25) is 5.78 Å². The number of amides is 1. The molecule has 0 radical (unpaired) electrons. The molecule has 2 saturated heterocycles. The smallest absolute Gasteiger partial charge is 0.329 e. The van der Waals surface area contributed by atoms with Gasteiger partial charge in [-0.25, -0.2) is 4.79 Å². The number of carbonyl (C=O) groups excluding carboxylic acids is 5. The molecular formula is C51H79NO13. The van der Waals surface area contributed by atoms with Crippen LogP contribution >= 0.6 is 0 Å². The summed E-state index contributed by atoms with van der Waals surface area (Å²) in [5, 5.41) is 34.1. The highest BCUT2D eigenvalue weighted by molar-refractivity contribution is 6.09. The fourth-order valence-electron chi connectivity index (χ4n) is 10.1. The van der Waals surface area contributed by atoms with Gasteiger partial charge in [-0.05, 0) is 107 Å². The number of ketones is 3. The van der Waals surface area contributed by atoms with E-state index in [4.69, 9.17) is 23.7 Å². The van der Waals surface area contributed by atoms with E-state index in [2.05, 4.69) is 0 Å². The summed E-state index contributed by atoms with van der Waals surface area (Å²) in [6.45, 7) is 12.7. The third kappa shape index (κ3) is 14.3. The van der Waals surface area contributed by atoms with Gasteiger partial charge in [0.15, 0.2) is 11.6 Å². The molecule has 1 amide bonds. The number of hydrogen-bond donors (Lipinski definition) is 3. The maximum Gasteiger partial charge on any atom is 0.329 e. The SMILES string of the molecule is COC1CC2CC[C@@H](C)C(=O)C(O)(O2)C(=O)N2CCCCC2C(=O)O[C@H]([C@H](C)C[C@@H]2CC[C@H](O)[C@H](OC)C2)CC(=O)C(C)=CC(C)[C@@H](O)[C@@H](OC)C(=O)[C@@H](C)C[C@H](C)C=CC=CC=C1C. The van der Waals surface area contributed by atoms with Crippen molar-refractivity contribution in [1.29, 1.82) is 0 Å². The van der Waals surface area contributed by atoms with Crippen LogP contribution in [0.2, 0.25) is 0 Å². The molecule has 14 nitrogen and oxygen atoms in total. The van der Waals surface area contributed by atoms with Crippen molar-refractivity contribution in [2.24, 2.45) is 35.5 Å². The zero-order chi connectivity index (χ0) is 48.2. The molecule has 65 heavy (non-hydrogen) atoms. The van der Waals surface area contributed by atoms with Crippen LogP contribution in [0.5, 0.6) is 0 Å². The molecule has 15 atom stereocenters. The summed E-state index contributed by atoms with van der Waals surface area (Å²) in [7, 11) is 4.51. The van der Waals surface area contributed by atoms with Gasteiger partial charge in [0.25, 0.3) is 5.91 Å². The lowest BCUT2D eigenvalue weighted by Gasteiger charge is -2.40. The molecule has 366 valence electrons. The highest BCUT2D eigenvalue weighted by Crippen LogP contribution is 2.36. The number of piperidine rings is 1. The van der Waals surface area contributed by atoms with Crippen molar-refractivity contribution in [2.45, 2.75) is 180 Å². The lowest BCUT2D eigenvalue weighted by atomic mass is 9.78. The number of fused-ring (bicyclic) bond motifs is 3. The number of rotatable bonds is 6. The number of ether oxygens (including phenoxy) is 5. The Morgan fingerprint density at radius 3 is 2.25 bits per heavy atom. The predicted molar refractivity (Wildman–Crippen MR) is 245 cm³/mol. The Balaban J connectivity index is 1.74. The molecule has 0 aromatic carbocycles. The number of aliphatic hydroxyl groups excluding tert-OH is 2. The molecular weight excluding hydrogens is 835 g/mol. The van der Waals surface area contributed by atoms with Gasteiger partial charge < -0.3 is 43.9 Å². The fraction of sp³-hybridized carbons (Fsp3) is 0.745. The average molecular weight is 914 g/mol. The Hall–Kier alpha value is -3.37. The van der Waals surface area contributed by atoms with Crippen LogP contribution < -0.4 is 0 Å². The minimum Gasteiger partial charge on any atom is -0.460 e. The van der Waals surface area contributed by atoms with Gasteiger partial charge >= 0.3 is 11.8 Å². The number of carbonyl (C=O) groups is 5. The molecule has 3 heterocycles. The number of aliphatic hydroxyl groups is 3. The third-order valence-corrected chi connectivity index (χ3v) is 14.4. The van der Waals surface area contributed by atoms with E-state index in [0.29, 0.717) is 56.9 Å². The normalized spacial score (nSPS) is 37.8. The first-order valence-corrected chi connectivity index (χ1v) is 23.9. The summed E-state index contributed by atoms with van der Waals surface area (Å²) in [4.78, 5) is 72.1. The van der Waals surface area contributed by atoms with Gasteiger partial charge in [0, 0.05) is 58.5 Å². The van der Waals surface area contributed by atoms with Gasteiger partial charge in [0.05, 0.1) is 30.5 Å². The second-order valence-electron chi connectivity index (χ2n) is 19.6. The van der Waals surface area contributed by atoms with E-state index in [9.17, 15) is 39.3 Å². The van der Waals surface area contributed by atoms with Gasteiger partial charge in [-0.1, -0.05) is 71.1 Å². The van der Waals surface area contributed by atoms with Crippen molar-refractivity contribution in [3.8, 4) is 0 Å². The zero-order valence-corrected chi connectivity index (χ0v) is 40.6. The fourth-order valence-corrected chi connectivity index (χ4v) is 10.1. The molecule has 14 heteroatoms. The molecule has 0 spiro atoms. The van der Waals surface area contributed by atoms with E-state index < -0.39 is 83.9 Å². The van der Waals surface area contributed by atoms with Crippen molar-refractivity contribution in [3.63, 3.8) is 0 Å². The van der Waals surface area contributed by atoms with Crippen LogP contribution in [0.15, 0.2) is 47.6 Å². The van der Waals surface area contributed by atoms with Gasteiger partial charge in [-0.2, -0.15) is 0 Å². The lowest BCUT2D eigenvalue weighted by Crippen LogP contribution is -2.62. The maximum absolute atomic E-state index is 14.6. The number of Topliss-reactive ketones (excluding diaryl/α,β-unsaturated/α-hetero) is 3. The van der Waals surface area contributed by atoms with E-state index in [1.54, 1.807) is 41.1 Å². The number of cyclic esters (lactones) is 1. The van der Waals surface area contributed by atoms with Crippen molar-refractivity contribution in [1.82, 2.24) is 4.90 Å². The van der Waals surface area contributed by atoms with Gasteiger partial charge in [-0.15, -0.1) is 0 Å². The van der Waals surface area contributed by atoms with Crippen LogP contribution in [0.4, 0.5) is 0 Å². The minimum atomic E-state index is -2.85. The molecule has 3 fully saturated rings. The minimum absolute atomic E-state index is 0.0174. The van der Waals surface area contributed by atoms with Gasteiger partial charge in [-0.3, -0.25) is 19.2 Å². The Bertz CT molecular complexity index is 1760. The zero-order valence-electron chi connectivity index (χ0n) is 40.6. The van der Waals surface area contributed by atoms with E-state index in [-0.39, 0.29) is 61.2 Å². The first-order valence-electron chi connectivity index (χ1n) is 23.9. The van der Waals surface area contributed by atoms with Crippen LogP contribution in [0, 0.1) is 35.5 Å². The van der Waals surface area contributed by atoms with Crippen molar-refractivity contribution < 1.29 is 63.0 Å². The predicted octanol–water partition coefficient (Wildman–Crippen LogP) is 6.18. The number of methoxy groups -OCH3 is 3. The number of esters is 1. The molecule has 4 rings (SSSR count). The summed E-state index contributed by atoms with van der Waals surface area (Å²) in [6, 6.07) is -1.16. The largest absolute Gasteiger partial charge is 0.460 e. The van der Waals surface area contributed by atoms with Crippen molar-refractivity contribution in [3.05, 3.63) is 47.6 Å². The molecule has 4 aliphatic rings. The summed E-state index contributed by atoms with van der Waals surface area (Å²) in [5.74, 6) is -7.99. The van der Waals surface area contributed by atoms with Crippen LogP contribution in [0.3, 0.4) is 0 Å². The van der Waals surface area contributed by atoms with E-state index >= 15 is 0 Å². The van der Waals surface area contributed by atoms with Gasteiger partial charge in [0.1, 0.15) is 18.2 Å². The topological polar surface area (TPSA) is 195 Å². The first-order chi connectivity index (χ1) is 30.7. The molecule has 1 aliphatic carbocycles. The van der Waals surface area contributed by atoms with Crippen LogP contribution in [0.25, 0.3) is 0 Å². The summed E-state index contributed by atoms with van der Waals surface area (Å²) in [5.41, 5.74) is 1.16. The highest BCUT2D eigenvalue weighted by atomic mass is 16.6. The molecule has 0 aromatic rings. The maximum atomic E-state index is 14.6. The Morgan fingerprint density at radius 2 is 1.57 bits per heavy atom. The average Bonchev–Trinajstić information content (AvgIpc) is 3.39. The highest BCUT2D eigenvalue weighted by Gasteiger charge is 2.55. The number of allylic oxidation sites excluding steroid dienone is 6. The standard InChI is InChI=1S/C51H79NO13/c1-30-16-12-11-13-17-31(2)42(61-8)28-38-21-19-32(3)48(57)51(60,65-38)50(59)52-23-15-14-18-39(52)49(58)64-43(34(5)26-37-20-22-40(53)44(27-37)62-9)29-41(54)33(4)25-36(7)46(56)47(63-10)45(55)35(6)24-30/h11-13,16-17,25,30,32,34-40,42-44,46-47,53,56,60H,14-15,18-24,26-29H2,1-10H3/t30-,32-,34-,35+,36?,37+,38?,39?,40+,42?,43+,44-,46-,47+,51?/m1/s1. The molecule has 3 N–H and O–H groups in total. The van der Waals surface area contributed by atoms with E-state index in [1.165, 1.54) is 12.0 Å². The van der Waals surface area contributed by atoms with Crippen LogP contribution in [-0.2, 0) is 47.7 Å². The third-order valence-electron chi connectivity index (χ3n) is 14.4. The first kappa shape index (κ1) is 54.2. The Kier molecular flexibility index (Phi) is 21.0. The van der Waals surface area contributed by atoms with Crippen molar-refractivity contribution in [2.75, 3.05) is 27.9 Å². The molecule has 2 bridgehead atoms. The second-order valence-corrected chi connectivity index (χ2v) is 19.6. The second kappa shape index (κ2) is 25.1. The van der Waals surface area contributed by atoms with Crippen molar-refractivity contribution >= 4 is 29.2 Å². The van der Waals surface area contributed by atoms with Crippen LogP contribution in [0.1, 0.15) is 126 Å². The molecule has 1 saturated carbocycles. The number of hydrogen-bond acceptors (Lipinski definition) is 13. The summed E-state index contributed by atoms with van der Waals surface area (Å²) in [6.07, 6.45) is 10.7. The summed E-state index contributed by atoms with van der Waals surface area (Å²) < 4.78 is 29.5. The van der Waals surface area contributed by atoms with Crippen LogP contribution in [-0.4, -0.2) is 132 Å². The summed E-state index contributed by atoms with van der Waals surface area (Å²) >= 11 is 0. The number of nitrogens with zero attached hydrogens (tertiary/aromatic N) is 1. The van der Waals surface area contributed by atoms with E-state index in [0.717, 1.165) is 12.0 Å². The quantitative estimate of drug-likeness (QED) is 0.202. The molecule has 5 unspecified atom stereocenters. The molecule has 3 aliphatic heterocycles. The lowest BCUT2D eigenvalue weighted by molar-refractivity contribution is -0.231. The Morgan fingerprint density at radius 1 is 0.846 bits per heavy atom. The van der Waals surface area contributed by atoms with E-state index in [1.807, 2.05) is 58.1 Å².